The summed E-state index contributed by atoms with van der Waals surface area (Å²) in [6.07, 6.45) is 2.52. The van der Waals surface area contributed by atoms with Crippen LogP contribution in [0.2, 0.25) is 0 Å². The molecule has 2 rings (SSSR count). The van der Waals surface area contributed by atoms with E-state index < -0.39 is 15.5 Å². The van der Waals surface area contributed by atoms with Crippen molar-refractivity contribution in [2.24, 2.45) is 4.99 Å². The summed E-state index contributed by atoms with van der Waals surface area (Å²) in [7, 11) is -3.13. The van der Waals surface area contributed by atoms with Crippen molar-refractivity contribution in [1.82, 2.24) is 0 Å². The number of esters is 1. The molecule has 0 amide bonds. The van der Waals surface area contributed by atoms with E-state index in [0.29, 0.717) is 24.9 Å². The first kappa shape index (κ1) is 21.3. The maximum atomic E-state index is 11.2. The van der Waals surface area contributed by atoms with E-state index in [9.17, 15) is 17.8 Å². The van der Waals surface area contributed by atoms with Crippen LogP contribution in [0.25, 0.3) is 0 Å². The standard InChI is InChI=1S/C16H21NO5S.Na/c1-11-16(2,9-5-4-6-15(18)22-3)13-10-12(23(19,20)21)7-8-14(13)17-11;/h7-8,10H,4-6,9H2,1-3H3,(H,19,20,21);/q;+1/p-1. The normalized spacial score (nSPS) is 19.2. The number of ether oxygens (including phenoxy) is 1. The molecule has 1 atom stereocenters. The fraction of sp³-hybridized carbons (Fsp3) is 0.500. The number of unbranched alkanes of at least 4 members (excludes halogenated alkanes) is 1. The van der Waals surface area contributed by atoms with Crippen LogP contribution >= 0.6 is 0 Å². The largest absolute Gasteiger partial charge is 1.00 e. The van der Waals surface area contributed by atoms with Gasteiger partial charge in [0.1, 0.15) is 10.1 Å². The van der Waals surface area contributed by atoms with Crippen LogP contribution in [0.1, 0.15) is 45.1 Å². The number of methoxy groups -OCH3 is 1. The summed E-state index contributed by atoms with van der Waals surface area (Å²) in [5.74, 6) is -0.243. The van der Waals surface area contributed by atoms with Gasteiger partial charge in [0.2, 0.25) is 0 Å². The molecule has 1 heterocycles. The Morgan fingerprint density at radius 2 is 2.00 bits per heavy atom. The van der Waals surface area contributed by atoms with Gasteiger partial charge in [-0.2, -0.15) is 0 Å². The molecule has 0 aliphatic carbocycles. The molecule has 6 nitrogen and oxygen atoms in total. The average Bonchev–Trinajstić information content (AvgIpc) is 2.74. The maximum Gasteiger partial charge on any atom is 1.00 e. The van der Waals surface area contributed by atoms with Gasteiger partial charge in [0, 0.05) is 17.5 Å². The summed E-state index contributed by atoms with van der Waals surface area (Å²) < 4.78 is 38.4. The number of hydrogen-bond acceptors (Lipinski definition) is 6. The van der Waals surface area contributed by atoms with Crippen LogP contribution in [0.3, 0.4) is 0 Å². The van der Waals surface area contributed by atoms with E-state index in [0.717, 1.165) is 17.7 Å². The second kappa shape index (κ2) is 8.10. The van der Waals surface area contributed by atoms with Crippen molar-refractivity contribution in [3.05, 3.63) is 23.8 Å². The molecule has 126 valence electrons. The van der Waals surface area contributed by atoms with Gasteiger partial charge in [0.05, 0.1) is 17.7 Å². The van der Waals surface area contributed by atoms with E-state index in [2.05, 4.69) is 9.73 Å². The summed E-state index contributed by atoms with van der Waals surface area (Å²) in [6, 6.07) is 4.29. The molecule has 0 saturated heterocycles. The van der Waals surface area contributed by atoms with Gasteiger partial charge >= 0.3 is 35.5 Å². The molecule has 1 aliphatic heterocycles. The predicted octanol–water partition coefficient (Wildman–Crippen LogP) is -0.308. The fourth-order valence-electron chi connectivity index (χ4n) is 2.87. The third-order valence-electron chi connectivity index (χ3n) is 4.47. The van der Waals surface area contributed by atoms with Gasteiger partial charge in [-0.15, -0.1) is 0 Å². The van der Waals surface area contributed by atoms with Crippen LogP contribution in [0.4, 0.5) is 5.69 Å². The van der Waals surface area contributed by atoms with E-state index >= 15 is 0 Å². The first-order valence-corrected chi connectivity index (χ1v) is 8.82. The molecular formula is C16H20NNaO5S. The van der Waals surface area contributed by atoms with Crippen molar-refractivity contribution in [3.8, 4) is 0 Å². The van der Waals surface area contributed by atoms with E-state index in [1.54, 1.807) is 6.07 Å². The zero-order valence-electron chi connectivity index (χ0n) is 14.5. The molecule has 0 radical (unpaired) electrons. The molecule has 0 fully saturated rings. The SMILES string of the molecule is COC(=O)CCCCC1(C)C(C)=Nc2ccc(S(=O)(=O)[O-])cc21.[Na+]. The molecule has 1 aromatic rings. The molecule has 0 N–H and O–H groups in total. The Hall–Kier alpha value is -0.730. The van der Waals surface area contributed by atoms with Crippen LogP contribution in [0.15, 0.2) is 28.1 Å². The number of aliphatic imine (C=N–C) groups is 1. The summed E-state index contributed by atoms with van der Waals surface area (Å²) in [5, 5.41) is 0. The van der Waals surface area contributed by atoms with Crippen LogP contribution in [0.5, 0.6) is 0 Å². The average molecular weight is 361 g/mol. The summed E-state index contributed by atoms with van der Waals surface area (Å²) >= 11 is 0. The molecule has 0 aromatic heterocycles. The molecule has 24 heavy (non-hydrogen) atoms. The van der Waals surface area contributed by atoms with Crippen molar-refractivity contribution in [2.75, 3.05) is 7.11 Å². The molecule has 8 heteroatoms. The number of carbonyl (C=O) groups is 1. The minimum atomic E-state index is -4.49. The molecule has 0 bridgehead atoms. The van der Waals surface area contributed by atoms with Crippen LogP contribution in [-0.4, -0.2) is 31.8 Å². The zero-order valence-corrected chi connectivity index (χ0v) is 17.3. The molecule has 0 saturated carbocycles. The smallest absolute Gasteiger partial charge is 0.744 e. The van der Waals surface area contributed by atoms with E-state index in [1.807, 2.05) is 13.8 Å². The van der Waals surface area contributed by atoms with Gasteiger partial charge in [-0.1, -0.05) is 13.3 Å². The Morgan fingerprint density at radius 1 is 1.33 bits per heavy atom. The third kappa shape index (κ3) is 4.46. The number of hydrogen-bond donors (Lipinski definition) is 0. The van der Waals surface area contributed by atoms with Crippen LogP contribution in [0, 0.1) is 0 Å². The van der Waals surface area contributed by atoms with E-state index in [-0.39, 0.29) is 40.4 Å². The Labute approximate surface area is 164 Å². The summed E-state index contributed by atoms with van der Waals surface area (Å²) in [5.41, 5.74) is 1.91. The quantitative estimate of drug-likeness (QED) is 0.300. The van der Waals surface area contributed by atoms with Gasteiger partial charge in [0.15, 0.2) is 0 Å². The Kier molecular flexibility index (Phi) is 7.19. The van der Waals surface area contributed by atoms with Crippen molar-refractivity contribution >= 4 is 27.5 Å². The van der Waals surface area contributed by atoms with Crippen molar-refractivity contribution < 1.29 is 52.1 Å². The molecule has 1 aromatic carbocycles. The molecular weight excluding hydrogens is 341 g/mol. The Balaban J connectivity index is 0.00000288. The fourth-order valence-corrected chi connectivity index (χ4v) is 3.37. The second-order valence-electron chi connectivity index (χ2n) is 5.95. The van der Waals surface area contributed by atoms with Gasteiger partial charge < -0.3 is 9.29 Å². The topological polar surface area (TPSA) is 95.9 Å². The Morgan fingerprint density at radius 3 is 2.58 bits per heavy atom. The van der Waals surface area contributed by atoms with Gasteiger partial charge in [-0.25, -0.2) is 8.42 Å². The molecule has 0 spiro atoms. The number of benzene rings is 1. The van der Waals surface area contributed by atoms with E-state index in [1.165, 1.54) is 19.2 Å². The Bertz CT molecular complexity index is 760. The van der Waals surface area contributed by atoms with Crippen LogP contribution in [-0.2, 0) is 25.1 Å². The van der Waals surface area contributed by atoms with Gasteiger partial charge in [-0.05, 0) is 43.5 Å². The number of rotatable bonds is 6. The third-order valence-corrected chi connectivity index (χ3v) is 5.30. The van der Waals surface area contributed by atoms with E-state index in [4.69, 9.17) is 0 Å². The predicted molar refractivity (Wildman–Crippen MR) is 85.0 cm³/mol. The van der Waals surface area contributed by atoms with Crippen molar-refractivity contribution in [3.63, 3.8) is 0 Å². The minimum absolute atomic E-state index is 0. The maximum absolute atomic E-state index is 11.2. The van der Waals surface area contributed by atoms with Gasteiger partial charge in [-0.3, -0.25) is 9.79 Å². The number of fused-ring (bicyclic) bond motifs is 1. The van der Waals surface area contributed by atoms with Crippen LogP contribution < -0.4 is 29.6 Å². The number of carbonyl (C=O) groups excluding carboxylic acids is 1. The molecule has 1 unspecified atom stereocenters. The first-order valence-electron chi connectivity index (χ1n) is 7.41. The van der Waals surface area contributed by atoms with Crippen molar-refractivity contribution in [2.45, 2.75) is 49.8 Å². The van der Waals surface area contributed by atoms with Gasteiger partial charge in [0.25, 0.3) is 0 Å². The second-order valence-corrected chi connectivity index (χ2v) is 7.33. The minimum Gasteiger partial charge on any atom is -0.744 e. The molecule has 1 aliphatic rings. The summed E-state index contributed by atoms with van der Waals surface area (Å²) in [6.45, 7) is 3.88. The summed E-state index contributed by atoms with van der Waals surface area (Å²) in [4.78, 5) is 15.4. The number of nitrogens with zero attached hydrogens (tertiary/aromatic N) is 1. The zero-order chi connectivity index (χ0) is 17.3. The first-order chi connectivity index (χ1) is 10.7. The van der Waals surface area contributed by atoms with Crippen molar-refractivity contribution in [1.29, 1.82) is 0 Å². The monoisotopic (exact) mass is 361 g/mol.